The Hall–Kier alpha value is -2.23. The zero-order chi connectivity index (χ0) is 22.0. The van der Waals surface area contributed by atoms with E-state index in [4.69, 9.17) is 14.2 Å². The highest BCUT2D eigenvalue weighted by Crippen LogP contribution is 2.33. The molecule has 0 aliphatic carbocycles. The second kappa shape index (κ2) is 9.28. The summed E-state index contributed by atoms with van der Waals surface area (Å²) in [5, 5.41) is 40.3. The van der Waals surface area contributed by atoms with Crippen LogP contribution in [0.4, 0.5) is 4.39 Å². The number of rotatable bonds is 6. The van der Waals surface area contributed by atoms with E-state index in [0.717, 1.165) is 11.1 Å². The maximum Gasteiger partial charge on any atom is 0.229 e. The second-order valence-corrected chi connectivity index (χ2v) is 7.55. The van der Waals surface area contributed by atoms with Crippen LogP contribution in [0.1, 0.15) is 23.6 Å². The lowest BCUT2D eigenvalue weighted by Crippen LogP contribution is -2.61. The Kier molecular flexibility index (Phi) is 6.95. The predicted molar refractivity (Wildman–Crippen MR) is 106 cm³/mol. The largest absolute Gasteiger partial charge is 0.497 e. The van der Waals surface area contributed by atoms with Crippen LogP contribution in [0.5, 0.6) is 11.5 Å². The van der Waals surface area contributed by atoms with Crippen molar-refractivity contribution in [3.8, 4) is 11.5 Å². The molecule has 2 aromatic carbocycles. The molecule has 2 unspecified atom stereocenters. The van der Waals surface area contributed by atoms with Gasteiger partial charge in [0.1, 0.15) is 41.7 Å². The molecule has 0 saturated carbocycles. The van der Waals surface area contributed by atoms with Crippen LogP contribution >= 0.6 is 0 Å². The minimum atomic E-state index is -1.61. The Labute approximate surface area is 174 Å². The average molecular weight is 422 g/mol. The van der Waals surface area contributed by atoms with Crippen molar-refractivity contribution >= 4 is 0 Å². The molecule has 0 radical (unpaired) electrons. The van der Waals surface area contributed by atoms with E-state index in [1.807, 2.05) is 31.2 Å². The molecule has 8 heteroatoms. The Morgan fingerprint density at radius 1 is 1.07 bits per heavy atom. The van der Waals surface area contributed by atoms with Gasteiger partial charge in [-0.3, -0.25) is 0 Å². The summed E-state index contributed by atoms with van der Waals surface area (Å²) in [5.41, 5.74) is 2.13. The Bertz CT molecular complexity index is 855. The van der Waals surface area contributed by atoms with Crippen LogP contribution in [0, 0.1) is 12.7 Å². The first-order valence-electron chi connectivity index (χ1n) is 9.67. The van der Waals surface area contributed by atoms with Crippen LogP contribution < -0.4 is 9.47 Å². The summed E-state index contributed by atoms with van der Waals surface area (Å²) >= 11 is 0. The maximum atomic E-state index is 14.9. The number of methoxy groups -OCH3 is 1. The van der Waals surface area contributed by atoms with E-state index < -0.39 is 42.6 Å². The number of aliphatic hydroxyl groups excluding tert-OH is 4. The second-order valence-electron chi connectivity index (χ2n) is 7.55. The monoisotopic (exact) mass is 422 g/mol. The minimum absolute atomic E-state index is 0.0596. The Balaban J connectivity index is 1.93. The molecule has 2 aromatic rings. The standard InChI is InChI=1S/C22H27FO7/c1-11-4-6-13(7-5-11)8-15-16(23)9-14(28-3)10-17(15)29-22-20(27)18(25)19(26)21(30-22)12(2)24/h4-7,9-10,12,18-22,24-27H,8H2,1-3H3/t12?,18-,19-,20+,21?,22+/m0/s1. The molecule has 0 bridgehead atoms. The van der Waals surface area contributed by atoms with Crippen molar-refractivity contribution in [1.29, 1.82) is 0 Å². The molecular formula is C22H27FO7. The normalized spacial score (nSPS) is 27.5. The summed E-state index contributed by atoms with van der Waals surface area (Å²) in [6.07, 6.45) is -8.29. The van der Waals surface area contributed by atoms with E-state index in [2.05, 4.69) is 0 Å². The van der Waals surface area contributed by atoms with Gasteiger partial charge >= 0.3 is 0 Å². The molecule has 0 aromatic heterocycles. The van der Waals surface area contributed by atoms with Crippen molar-refractivity contribution < 1.29 is 39.0 Å². The van der Waals surface area contributed by atoms with Crippen LogP contribution in [-0.2, 0) is 11.2 Å². The fourth-order valence-electron chi connectivity index (χ4n) is 3.39. The molecule has 4 N–H and O–H groups in total. The van der Waals surface area contributed by atoms with Crippen molar-refractivity contribution in [2.45, 2.75) is 57.1 Å². The van der Waals surface area contributed by atoms with Gasteiger partial charge in [-0.05, 0) is 19.4 Å². The smallest absolute Gasteiger partial charge is 0.229 e. The van der Waals surface area contributed by atoms with Gasteiger partial charge in [0, 0.05) is 24.1 Å². The number of hydrogen-bond donors (Lipinski definition) is 4. The highest BCUT2D eigenvalue weighted by Gasteiger charge is 2.46. The SMILES string of the molecule is COc1cc(F)c(Cc2ccc(C)cc2)c(O[C@@H]2OC(C(C)O)[C@@H](O)[C@H](O)[C@H]2O)c1. The topological polar surface area (TPSA) is 109 Å². The van der Waals surface area contributed by atoms with Gasteiger partial charge in [0.05, 0.1) is 13.2 Å². The van der Waals surface area contributed by atoms with E-state index >= 15 is 0 Å². The van der Waals surface area contributed by atoms with Gasteiger partial charge < -0.3 is 34.6 Å². The predicted octanol–water partition coefficient (Wildman–Crippen LogP) is 1.30. The van der Waals surface area contributed by atoms with E-state index in [1.165, 1.54) is 26.2 Å². The summed E-state index contributed by atoms with van der Waals surface area (Å²) in [6.45, 7) is 3.33. The Morgan fingerprint density at radius 2 is 1.73 bits per heavy atom. The minimum Gasteiger partial charge on any atom is -0.497 e. The molecule has 1 aliphatic rings. The molecule has 0 spiro atoms. The van der Waals surface area contributed by atoms with Crippen LogP contribution in [0.2, 0.25) is 0 Å². The molecule has 1 fully saturated rings. The van der Waals surface area contributed by atoms with Crippen LogP contribution in [-0.4, -0.2) is 64.3 Å². The molecule has 1 aliphatic heterocycles. The number of halogens is 1. The molecule has 1 saturated heterocycles. The van der Waals surface area contributed by atoms with Crippen molar-refractivity contribution in [1.82, 2.24) is 0 Å². The van der Waals surface area contributed by atoms with Crippen molar-refractivity contribution in [2.24, 2.45) is 0 Å². The van der Waals surface area contributed by atoms with E-state index in [1.54, 1.807) is 0 Å². The molecule has 164 valence electrons. The number of aliphatic hydroxyl groups is 4. The van der Waals surface area contributed by atoms with E-state index in [0.29, 0.717) is 0 Å². The van der Waals surface area contributed by atoms with Gasteiger partial charge in [0.25, 0.3) is 0 Å². The number of benzene rings is 2. The molecule has 0 amide bonds. The van der Waals surface area contributed by atoms with Gasteiger partial charge in [-0.2, -0.15) is 0 Å². The highest BCUT2D eigenvalue weighted by atomic mass is 19.1. The van der Waals surface area contributed by atoms with Gasteiger partial charge in [0.15, 0.2) is 0 Å². The molecule has 30 heavy (non-hydrogen) atoms. The summed E-state index contributed by atoms with van der Waals surface area (Å²) < 4.78 is 31.2. The first kappa shape index (κ1) is 22.5. The summed E-state index contributed by atoms with van der Waals surface area (Å²) in [6, 6.07) is 10.3. The van der Waals surface area contributed by atoms with E-state index in [-0.39, 0.29) is 23.5 Å². The zero-order valence-corrected chi connectivity index (χ0v) is 17.0. The van der Waals surface area contributed by atoms with Gasteiger partial charge in [-0.15, -0.1) is 0 Å². The van der Waals surface area contributed by atoms with E-state index in [9.17, 15) is 24.8 Å². The third-order valence-corrected chi connectivity index (χ3v) is 5.19. The lowest BCUT2D eigenvalue weighted by atomic mass is 9.96. The average Bonchev–Trinajstić information content (AvgIpc) is 2.71. The molecule has 7 nitrogen and oxygen atoms in total. The van der Waals surface area contributed by atoms with Crippen molar-refractivity contribution in [3.63, 3.8) is 0 Å². The molecule has 3 rings (SSSR count). The third-order valence-electron chi connectivity index (χ3n) is 5.19. The van der Waals surface area contributed by atoms with Crippen molar-refractivity contribution in [3.05, 3.63) is 58.9 Å². The van der Waals surface area contributed by atoms with Gasteiger partial charge in [-0.1, -0.05) is 29.8 Å². The lowest BCUT2D eigenvalue weighted by Gasteiger charge is -2.41. The molecule has 6 atom stereocenters. The summed E-state index contributed by atoms with van der Waals surface area (Å²) in [5.74, 6) is -0.305. The summed E-state index contributed by atoms with van der Waals surface area (Å²) in [4.78, 5) is 0. The highest BCUT2D eigenvalue weighted by molar-refractivity contribution is 5.44. The quantitative estimate of drug-likeness (QED) is 0.556. The van der Waals surface area contributed by atoms with Crippen LogP contribution in [0.15, 0.2) is 36.4 Å². The number of hydrogen-bond acceptors (Lipinski definition) is 7. The number of ether oxygens (including phenoxy) is 3. The lowest BCUT2D eigenvalue weighted by molar-refractivity contribution is -0.286. The first-order valence-corrected chi connectivity index (χ1v) is 9.67. The van der Waals surface area contributed by atoms with Gasteiger partial charge in [0.2, 0.25) is 6.29 Å². The summed E-state index contributed by atoms with van der Waals surface area (Å²) in [7, 11) is 1.38. The molecule has 1 heterocycles. The Morgan fingerprint density at radius 3 is 2.33 bits per heavy atom. The maximum absolute atomic E-state index is 14.9. The molecular weight excluding hydrogens is 395 g/mol. The van der Waals surface area contributed by atoms with Crippen molar-refractivity contribution in [2.75, 3.05) is 7.11 Å². The number of aryl methyl sites for hydroxylation is 1. The third kappa shape index (κ3) is 4.74. The fourth-order valence-corrected chi connectivity index (χ4v) is 3.39. The van der Waals surface area contributed by atoms with Crippen LogP contribution in [0.3, 0.4) is 0 Å². The van der Waals surface area contributed by atoms with Gasteiger partial charge in [-0.25, -0.2) is 4.39 Å². The first-order chi connectivity index (χ1) is 14.2. The zero-order valence-electron chi connectivity index (χ0n) is 17.0. The van der Waals surface area contributed by atoms with Crippen LogP contribution in [0.25, 0.3) is 0 Å². The fraction of sp³-hybridized carbons (Fsp3) is 0.455.